The third-order valence-electron chi connectivity index (χ3n) is 5.13. The van der Waals surface area contributed by atoms with Crippen molar-refractivity contribution in [2.45, 2.75) is 61.2 Å². The number of hydrogen-bond acceptors (Lipinski definition) is 12. The number of aliphatic hydroxyl groups is 8. The molecule has 0 aromatic rings. The van der Waals surface area contributed by atoms with Crippen molar-refractivity contribution in [1.29, 1.82) is 0 Å². The van der Waals surface area contributed by atoms with Crippen LogP contribution in [0.3, 0.4) is 0 Å². The minimum Gasteiger partial charge on any atom is -0.396 e. The normalized spacial score (nSPS) is 46.1. The fourth-order valence-corrected chi connectivity index (χ4v) is 3.35. The number of aliphatic hydroxyl groups excluding tert-OH is 7. The highest BCUT2D eigenvalue weighted by Gasteiger charge is 2.65. The van der Waals surface area contributed by atoms with Gasteiger partial charge in [0, 0.05) is 5.92 Å². The molecule has 0 radical (unpaired) electrons. The molecule has 2 fully saturated rings. The van der Waals surface area contributed by atoms with Crippen LogP contribution in [0.1, 0.15) is 6.42 Å². The minimum absolute atomic E-state index is 0.138. The first-order valence-corrected chi connectivity index (χ1v) is 8.71. The summed E-state index contributed by atoms with van der Waals surface area (Å²) in [6, 6.07) is 0. The second-order valence-electron chi connectivity index (χ2n) is 6.78. The molecule has 2 rings (SSSR count). The molecule has 0 bridgehead atoms. The lowest BCUT2D eigenvalue weighted by molar-refractivity contribution is -0.380. The van der Waals surface area contributed by atoms with Gasteiger partial charge in [-0.2, -0.15) is 0 Å². The Morgan fingerprint density at radius 1 is 1.04 bits per heavy atom. The lowest BCUT2D eigenvalue weighted by Crippen LogP contribution is -2.76. The van der Waals surface area contributed by atoms with E-state index >= 15 is 0 Å². The van der Waals surface area contributed by atoms with Crippen molar-refractivity contribution in [3.8, 4) is 0 Å². The molecule has 160 valence electrons. The number of rotatable bonds is 9. The Balaban J connectivity index is 2.06. The van der Waals surface area contributed by atoms with Crippen LogP contribution in [0, 0.1) is 5.92 Å². The molecule has 12 nitrogen and oxygen atoms in total. The van der Waals surface area contributed by atoms with Gasteiger partial charge in [-0.3, -0.25) is 0 Å². The maximum absolute atomic E-state index is 10.4. The molecule has 0 aromatic heterocycles. The van der Waals surface area contributed by atoms with Crippen LogP contribution in [-0.2, 0) is 14.2 Å². The van der Waals surface area contributed by atoms with E-state index in [0.717, 1.165) is 0 Å². The van der Waals surface area contributed by atoms with Crippen LogP contribution < -0.4 is 5.73 Å². The van der Waals surface area contributed by atoms with Crippen LogP contribution >= 0.6 is 0 Å². The van der Waals surface area contributed by atoms with Crippen molar-refractivity contribution in [2.24, 2.45) is 11.7 Å². The number of hydrogen-bond donors (Lipinski definition) is 9. The fraction of sp³-hybridized carbons (Fsp3) is 1.00. The van der Waals surface area contributed by atoms with Crippen LogP contribution in [0.2, 0.25) is 0 Å². The second kappa shape index (κ2) is 9.35. The molecule has 4 unspecified atom stereocenters. The van der Waals surface area contributed by atoms with E-state index in [0.29, 0.717) is 13.0 Å². The molecule has 0 aromatic carbocycles. The fourth-order valence-electron chi connectivity index (χ4n) is 3.35. The van der Waals surface area contributed by atoms with Crippen molar-refractivity contribution in [3.63, 3.8) is 0 Å². The third-order valence-corrected chi connectivity index (χ3v) is 5.13. The van der Waals surface area contributed by atoms with Crippen molar-refractivity contribution in [3.05, 3.63) is 0 Å². The average Bonchev–Trinajstić information content (AvgIpc) is 2.66. The average molecular weight is 399 g/mol. The Labute approximate surface area is 155 Å². The molecule has 1 aliphatic carbocycles. The van der Waals surface area contributed by atoms with Crippen LogP contribution in [-0.4, -0.2) is 122 Å². The molecule has 10 N–H and O–H groups in total. The van der Waals surface area contributed by atoms with Gasteiger partial charge < -0.3 is 60.8 Å². The SMILES string of the molecule is NCCCO[C@@H]1OC(CO)[C@@H](O[C@H](O)[C@@]2(O)C(O)[C@@H](O)C2CO)C(O)[C@@H]1O. The summed E-state index contributed by atoms with van der Waals surface area (Å²) in [4.78, 5) is 0. The van der Waals surface area contributed by atoms with Gasteiger partial charge in [-0.15, -0.1) is 0 Å². The largest absolute Gasteiger partial charge is 0.396 e. The summed E-state index contributed by atoms with van der Waals surface area (Å²) >= 11 is 0. The van der Waals surface area contributed by atoms with E-state index in [-0.39, 0.29) is 6.61 Å². The highest BCUT2D eigenvalue weighted by Crippen LogP contribution is 2.43. The van der Waals surface area contributed by atoms with Crippen LogP contribution in [0.4, 0.5) is 0 Å². The first-order chi connectivity index (χ1) is 12.7. The van der Waals surface area contributed by atoms with Crippen LogP contribution in [0.15, 0.2) is 0 Å². The van der Waals surface area contributed by atoms with E-state index in [1.807, 2.05) is 0 Å². The monoisotopic (exact) mass is 399 g/mol. The molecule has 0 amide bonds. The van der Waals surface area contributed by atoms with Gasteiger partial charge in [0.15, 0.2) is 18.2 Å². The lowest BCUT2D eigenvalue weighted by Gasteiger charge is -2.55. The summed E-state index contributed by atoms with van der Waals surface area (Å²) in [5.41, 5.74) is 2.93. The first kappa shape index (κ1) is 22.8. The highest BCUT2D eigenvalue weighted by atomic mass is 16.7. The predicted molar refractivity (Wildman–Crippen MR) is 85.8 cm³/mol. The Kier molecular flexibility index (Phi) is 7.89. The highest BCUT2D eigenvalue weighted by molar-refractivity contribution is 5.12. The maximum Gasteiger partial charge on any atom is 0.187 e. The zero-order chi connectivity index (χ0) is 20.4. The van der Waals surface area contributed by atoms with Crippen LogP contribution in [0.25, 0.3) is 0 Å². The quantitative estimate of drug-likeness (QED) is 0.131. The smallest absolute Gasteiger partial charge is 0.187 e. The Hall–Kier alpha value is -0.480. The van der Waals surface area contributed by atoms with E-state index in [1.165, 1.54) is 0 Å². The molecule has 2 aliphatic rings. The summed E-state index contributed by atoms with van der Waals surface area (Å²) in [6.07, 6.45) is -12.3. The summed E-state index contributed by atoms with van der Waals surface area (Å²) < 4.78 is 15.8. The summed E-state index contributed by atoms with van der Waals surface area (Å²) in [5.74, 6) is -1.30. The molecule has 12 heteroatoms. The minimum atomic E-state index is -2.41. The molecule has 1 heterocycles. The molecule has 1 aliphatic heterocycles. The number of nitrogens with two attached hydrogens (primary N) is 1. The maximum atomic E-state index is 10.4. The summed E-state index contributed by atoms with van der Waals surface area (Å²) in [6.45, 7) is -0.947. The topological polar surface area (TPSA) is 216 Å². The van der Waals surface area contributed by atoms with Gasteiger partial charge in [-0.05, 0) is 13.0 Å². The van der Waals surface area contributed by atoms with Gasteiger partial charge in [0.05, 0.1) is 25.9 Å². The molecule has 27 heavy (non-hydrogen) atoms. The molecular formula is C15H29NO11. The summed E-state index contributed by atoms with van der Waals surface area (Å²) in [7, 11) is 0. The van der Waals surface area contributed by atoms with Crippen molar-refractivity contribution >= 4 is 0 Å². The van der Waals surface area contributed by atoms with Gasteiger partial charge in [0.1, 0.15) is 30.5 Å². The van der Waals surface area contributed by atoms with Gasteiger partial charge in [-0.25, -0.2) is 0 Å². The molecule has 0 spiro atoms. The van der Waals surface area contributed by atoms with E-state index < -0.39 is 73.9 Å². The standard InChI is InChI=1S/C15H29NO11/c16-2-1-3-25-13-10(21)9(20)11(7(5-18)26-13)27-14(23)15(24)6(4-17)8(19)12(15)22/h6-14,17-24H,1-5,16H2/t6?,7?,8-,9?,10-,11+,12?,13+,14-,15-/m0/s1. The van der Waals surface area contributed by atoms with E-state index in [1.54, 1.807) is 0 Å². The molecule has 10 atom stereocenters. The Morgan fingerprint density at radius 2 is 1.70 bits per heavy atom. The second-order valence-corrected chi connectivity index (χ2v) is 6.78. The van der Waals surface area contributed by atoms with Gasteiger partial charge in [0.2, 0.25) is 0 Å². The van der Waals surface area contributed by atoms with Crippen molar-refractivity contribution in [2.75, 3.05) is 26.4 Å². The predicted octanol–water partition coefficient (Wildman–Crippen LogP) is -5.43. The van der Waals surface area contributed by atoms with Crippen molar-refractivity contribution in [1.82, 2.24) is 0 Å². The molecule has 1 saturated carbocycles. The zero-order valence-corrected chi connectivity index (χ0v) is 14.6. The first-order valence-electron chi connectivity index (χ1n) is 8.71. The van der Waals surface area contributed by atoms with E-state index in [4.69, 9.17) is 19.9 Å². The summed E-state index contributed by atoms with van der Waals surface area (Å²) in [5, 5.41) is 79.1. The molecular weight excluding hydrogens is 370 g/mol. The van der Waals surface area contributed by atoms with E-state index in [9.17, 15) is 40.9 Å². The Bertz CT molecular complexity index is 469. The lowest BCUT2D eigenvalue weighted by atomic mass is 9.64. The molecule has 1 saturated heterocycles. The van der Waals surface area contributed by atoms with Gasteiger partial charge in [0.25, 0.3) is 0 Å². The van der Waals surface area contributed by atoms with Crippen molar-refractivity contribution < 1.29 is 55.1 Å². The third kappa shape index (κ3) is 4.12. The van der Waals surface area contributed by atoms with Gasteiger partial charge >= 0.3 is 0 Å². The zero-order valence-electron chi connectivity index (χ0n) is 14.6. The number of ether oxygens (including phenoxy) is 3. The van der Waals surface area contributed by atoms with Gasteiger partial charge in [-0.1, -0.05) is 0 Å². The Morgan fingerprint density at radius 3 is 2.26 bits per heavy atom. The van der Waals surface area contributed by atoms with Crippen LogP contribution in [0.5, 0.6) is 0 Å². The van der Waals surface area contributed by atoms with E-state index in [2.05, 4.69) is 0 Å².